The smallest absolute Gasteiger partial charge is 0.180 e. The van der Waals surface area contributed by atoms with Gasteiger partial charge in [0.25, 0.3) is 0 Å². The monoisotopic (exact) mass is 444 g/mol. The van der Waals surface area contributed by atoms with E-state index in [2.05, 4.69) is 0 Å². The first-order chi connectivity index (χ1) is 14.1. The summed E-state index contributed by atoms with van der Waals surface area (Å²) < 4.78 is 25.5. The number of anilines is 1. The third-order valence-electron chi connectivity index (χ3n) is 5.55. The summed E-state index contributed by atoms with van der Waals surface area (Å²) in [7, 11) is -3.35. The van der Waals surface area contributed by atoms with Crippen molar-refractivity contribution in [2.75, 3.05) is 17.2 Å². The molecule has 1 aliphatic heterocycles. The topological polar surface area (TPSA) is 102 Å². The highest BCUT2D eigenvalue weighted by molar-refractivity contribution is 7.91. The molecule has 0 fully saturated rings. The quantitative estimate of drug-likeness (QED) is 0.641. The first kappa shape index (κ1) is 21.1. The van der Waals surface area contributed by atoms with E-state index >= 15 is 0 Å². The number of rotatable bonds is 3. The van der Waals surface area contributed by atoms with Crippen molar-refractivity contribution < 1.29 is 8.42 Å². The third kappa shape index (κ3) is 3.90. The molecule has 3 aromatic rings. The van der Waals surface area contributed by atoms with Crippen LogP contribution in [0.15, 0.2) is 53.4 Å². The van der Waals surface area contributed by atoms with Crippen molar-refractivity contribution in [1.29, 1.82) is 0 Å². The Balaban J connectivity index is 1.87. The Kier molecular flexibility index (Phi) is 5.26. The zero-order valence-electron chi connectivity index (χ0n) is 17.0. The van der Waals surface area contributed by atoms with Gasteiger partial charge in [0, 0.05) is 35.1 Å². The maximum absolute atomic E-state index is 12.7. The minimum Gasteiger partial charge on any atom is -0.351 e. The number of nitrogens with two attached hydrogens (primary N) is 2. The molecule has 1 aliphatic rings. The van der Waals surface area contributed by atoms with E-state index in [1.165, 1.54) is 0 Å². The van der Waals surface area contributed by atoms with E-state index in [1.54, 1.807) is 18.2 Å². The number of hydrogen-bond donors (Lipinski definition) is 2. The average molecular weight is 445 g/mol. The Bertz CT molecular complexity index is 1220. The SMILES string of the molecule is CC(C)(N)C(N)c1cc(N2CCS(=O)(=O)c3ccccc3C2)nc2ccc(Cl)cc12. The van der Waals surface area contributed by atoms with Crippen LogP contribution in [-0.2, 0) is 16.4 Å². The molecule has 8 heteroatoms. The number of aromatic nitrogens is 1. The molecular weight excluding hydrogens is 420 g/mol. The van der Waals surface area contributed by atoms with E-state index < -0.39 is 21.4 Å². The van der Waals surface area contributed by atoms with Crippen molar-refractivity contribution in [3.63, 3.8) is 0 Å². The molecule has 0 radical (unpaired) electrons. The Morgan fingerprint density at radius 3 is 2.63 bits per heavy atom. The first-order valence-corrected chi connectivity index (χ1v) is 11.8. The van der Waals surface area contributed by atoms with Gasteiger partial charge in [-0.3, -0.25) is 0 Å². The predicted octanol–water partition coefficient (Wildman–Crippen LogP) is 3.42. The van der Waals surface area contributed by atoms with Crippen molar-refractivity contribution in [3.05, 3.63) is 64.7 Å². The van der Waals surface area contributed by atoms with Gasteiger partial charge in [-0.15, -0.1) is 0 Å². The number of fused-ring (bicyclic) bond motifs is 2. The van der Waals surface area contributed by atoms with Crippen LogP contribution in [0, 0.1) is 0 Å². The summed E-state index contributed by atoms with van der Waals surface area (Å²) in [5, 5.41) is 1.44. The van der Waals surface area contributed by atoms with Gasteiger partial charge in [-0.05, 0) is 55.3 Å². The molecule has 0 amide bonds. The second kappa shape index (κ2) is 7.50. The molecule has 0 aliphatic carbocycles. The summed E-state index contributed by atoms with van der Waals surface area (Å²) in [6.45, 7) is 4.54. The lowest BCUT2D eigenvalue weighted by Crippen LogP contribution is -2.44. The van der Waals surface area contributed by atoms with Crippen LogP contribution in [0.25, 0.3) is 10.9 Å². The molecule has 1 atom stereocenters. The van der Waals surface area contributed by atoms with Gasteiger partial charge in [0.2, 0.25) is 0 Å². The molecule has 2 aromatic carbocycles. The molecule has 0 saturated carbocycles. The summed E-state index contributed by atoms with van der Waals surface area (Å²) in [6, 6.07) is 14.1. The van der Waals surface area contributed by atoms with Gasteiger partial charge >= 0.3 is 0 Å². The molecular formula is C22H25ClN4O2S. The highest BCUT2D eigenvalue weighted by Gasteiger charge is 2.29. The number of nitrogens with zero attached hydrogens (tertiary/aromatic N) is 2. The maximum Gasteiger partial charge on any atom is 0.180 e. The van der Waals surface area contributed by atoms with E-state index in [1.807, 2.05) is 49.1 Å². The summed E-state index contributed by atoms with van der Waals surface area (Å²) in [4.78, 5) is 7.18. The van der Waals surface area contributed by atoms with Crippen LogP contribution in [0.4, 0.5) is 5.82 Å². The summed E-state index contributed by atoms with van der Waals surface area (Å²) >= 11 is 6.23. The summed E-state index contributed by atoms with van der Waals surface area (Å²) in [5.74, 6) is 0.695. The Hall–Kier alpha value is -2.19. The van der Waals surface area contributed by atoms with Crippen molar-refractivity contribution >= 4 is 38.2 Å². The normalized spacial score (nSPS) is 17.4. The van der Waals surface area contributed by atoms with Gasteiger partial charge in [-0.2, -0.15) is 0 Å². The lowest BCUT2D eigenvalue weighted by Gasteiger charge is -2.30. The second-order valence-corrected chi connectivity index (χ2v) is 10.9. The Morgan fingerprint density at radius 2 is 1.90 bits per heavy atom. The van der Waals surface area contributed by atoms with Crippen molar-refractivity contribution in [3.8, 4) is 0 Å². The molecule has 6 nitrogen and oxygen atoms in total. The van der Waals surface area contributed by atoms with E-state index in [9.17, 15) is 8.42 Å². The molecule has 158 valence electrons. The second-order valence-electron chi connectivity index (χ2n) is 8.38. The molecule has 30 heavy (non-hydrogen) atoms. The van der Waals surface area contributed by atoms with Crippen LogP contribution in [0.3, 0.4) is 0 Å². The predicted molar refractivity (Wildman–Crippen MR) is 121 cm³/mol. The first-order valence-electron chi connectivity index (χ1n) is 9.76. The number of sulfone groups is 1. The maximum atomic E-state index is 12.7. The van der Waals surface area contributed by atoms with Crippen molar-refractivity contribution in [1.82, 2.24) is 4.98 Å². The molecule has 0 saturated heterocycles. The van der Waals surface area contributed by atoms with Crippen LogP contribution >= 0.6 is 11.6 Å². The highest BCUT2D eigenvalue weighted by atomic mass is 35.5. The van der Waals surface area contributed by atoms with Gasteiger partial charge in [-0.1, -0.05) is 29.8 Å². The molecule has 1 unspecified atom stereocenters. The summed E-state index contributed by atoms with van der Waals surface area (Å²) in [6.07, 6.45) is 0. The van der Waals surface area contributed by atoms with Gasteiger partial charge < -0.3 is 16.4 Å². The van der Waals surface area contributed by atoms with E-state index in [0.29, 0.717) is 28.8 Å². The van der Waals surface area contributed by atoms with E-state index in [0.717, 1.165) is 22.0 Å². The summed E-state index contributed by atoms with van der Waals surface area (Å²) in [5.41, 5.74) is 14.5. The highest BCUT2D eigenvalue weighted by Crippen LogP contribution is 2.34. The number of pyridine rings is 1. The van der Waals surface area contributed by atoms with Crippen LogP contribution in [-0.4, -0.2) is 31.2 Å². The van der Waals surface area contributed by atoms with Crippen LogP contribution in [0.5, 0.6) is 0 Å². The van der Waals surface area contributed by atoms with Crippen LogP contribution < -0.4 is 16.4 Å². The molecule has 0 spiro atoms. The largest absolute Gasteiger partial charge is 0.351 e. The Labute approximate surface area is 181 Å². The molecule has 4 N–H and O–H groups in total. The fraction of sp³-hybridized carbons (Fsp3) is 0.318. The zero-order chi connectivity index (χ0) is 21.7. The van der Waals surface area contributed by atoms with Gasteiger partial charge in [-0.25, -0.2) is 13.4 Å². The Morgan fingerprint density at radius 1 is 1.17 bits per heavy atom. The fourth-order valence-corrected chi connectivity index (χ4v) is 5.46. The number of hydrogen-bond acceptors (Lipinski definition) is 6. The van der Waals surface area contributed by atoms with Crippen LogP contribution in [0.1, 0.15) is 31.0 Å². The lowest BCUT2D eigenvalue weighted by molar-refractivity contribution is 0.422. The van der Waals surface area contributed by atoms with E-state index in [4.69, 9.17) is 28.1 Å². The molecule has 0 bridgehead atoms. The third-order valence-corrected chi connectivity index (χ3v) is 7.57. The molecule has 2 heterocycles. The minimum atomic E-state index is -3.35. The standard InChI is InChI=1S/C22H25ClN4O2S/c1-22(2,25)21(24)17-12-20(26-18-8-7-15(23)11-16(17)18)27-9-10-30(28,29)19-6-4-3-5-14(19)13-27/h3-8,11-12,21H,9-10,13,24-25H2,1-2H3. The van der Waals surface area contributed by atoms with E-state index in [-0.39, 0.29) is 5.75 Å². The lowest BCUT2D eigenvalue weighted by atomic mass is 9.88. The minimum absolute atomic E-state index is 0.0219. The fourth-order valence-electron chi connectivity index (χ4n) is 3.79. The van der Waals surface area contributed by atoms with Gasteiger partial charge in [0.1, 0.15) is 5.82 Å². The van der Waals surface area contributed by atoms with Crippen molar-refractivity contribution in [2.24, 2.45) is 11.5 Å². The number of halogens is 1. The molecule has 4 rings (SSSR count). The average Bonchev–Trinajstić information content (AvgIpc) is 2.82. The van der Waals surface area contributed by atoms with Crippen molar-refractivity contribution in [2.45, 2.75) is 36.9 Å². The van der Waals surface area contributed by atoms with Crippen LogP contribution in [0.2, 0.25) is 5.02 Å². The van der Waals surface area contributed by atoms with Gasteiger partial charge in [0.15, 0.2) is 9.84 Å². The zero-order valence-corrected chi connectivity index (χ0v) is 18.5. The molecule has 1 aromatic heterocycles. The van der Waals surface area contributed by atoms with Gasteiger partial charge in [0.05, 0.1) is 16.2 Å². The number of benzene rings is 2.